The van der Waals surface area contributed by atoms with Crippen LogP contribution < -0.4 is 10.6 Å². The van der Waals surface area contributed by atoms with E-state index in [4.69, 9.17) is 0 Å². The Balaban J connectivity index is 2.43. The molecule has 0 bridgehead atoms. The van der Waals surface area contributed by atoms with E-state index in [0.717, 1.165) is 18.7 Å². The van der Waals surface area contributed by atoms with Gasteiger partial charge < -0.3 is 20.6 Å². The van der Waals surface area contributed by atoms with Gasteiger partial charge in [0.2, 0.25) is 0 Å². The Morgan fingerprint density at radius 1 is 1.29 bits per heavy atom. The van der Waals surface area contributed by atoms with Crippen LogP contribution in [-0.4, -0.2) is 54.7 Å². The molecule has 1 aromatic rings. The lowest BCUT2D eigenvalue weighted by Crippen LogP contribution is -2.48. The van der Waals surface area contributed by atoms with Gasteiger partial charge in [-0.25, -0.2) is 9.59 Å². The molecule has 2 amide bonds. The van der Waals surface area contributed by atoms with Crippen molar-refractivity contribution in [2.24, 2.45) is 0 Å². The molecular formula is C15H23N3O3. The first-order chi connectivity index (χ1) is 10.0. The van der Waals surface area contributed by atoms with E-state index in [1.807, 2.05) is 44.3 Å². The number of urea groups is 1. The molecule has 0 fully saturated rings. The number of hydrogen-bond donors (Lipinski definition) is 3. The van der Waals surface area contributed by atoms with Crippen molar-refractivity contribution in [2.75, 3.05) is 26.7 Å². The predicted molar refractivity (Wildman–Crippen MR) is 81.3 cm³/mol. The van der Waals surface area contributed by atoms with Crippen LogP contribution in [0.3, 0.4) is 0 Å². The highest BCUT2D eigenvalue weighted by Crippen LogP contribution is 2.03. The maximum absolute atomic E-state index is 11.7. The summed E-state index contributed by atoms with van der Waals surface area (Å²) in [5, 5.41) is 14.3. The minimum Gasteiger partial charge on any atom is -0.480 e. The van der Waals surface area contributed by atoms with E-state index in [1.54, 1.807) is 0 Å². The fourth-order valence-corrected chi connectivity index (χ4v) is 1.78. The summed E-state index contributed by atoms with van der Waals surface area (Å²) < 4.78 is 0. The average Bonchev–Trinajstić information content (AvgIpc) is 2.47. The lowest BCUT2D eigenvalue weighted by atomic mass is 10.1. The molecule has 0 heterocycles. The molecule has 0 spiro atoms. The van der Waals surface area contributed by atoms with Crippen LogP contribution in [0.5, 0.6) is 0 Å². The minimum atomic E-state index is -1.04. The number of benzene rings is 1. The monoisotopic (exact) mass is 293 g/mol. The van der Waals surface area contributed by atoms with Crippen molar-refractivity contribution in [1.82, 2.24) is 15.5 Å². The first kappa shape index (κ1) is 17.0. The van der Waals surface area contributed by atoms with E-state index < -0.39 is 18.0 Å². The Hall–Kier alpha value is -2.08. The summed E-state index contributed by atoms with van der Waals surface area (Å²) >= 11 is 0. The normalized spacial score (nSPS) is 12.0. The van der Waals surface area contributed by atoms with E-state index in [-0.39, 0.29) is 6.42 Å². The van der Waals surface area contributed by atoms with Gasteiger partial charge in [0.15, 0.2) is 0 Å². The van der Waals surface area contributed by atoms with Crippen molar-refractivity contribution >= 4 is 12.0 Å². The molecule has 0 aliphatic heterocycles. The molecule has 3 N–H and O–H groups in total. The molecule has 116 valence electrons. The number of amides is 2. The van der Waals surface area contributed by atoms with Crippen LogP contribution in [0.2, 0.25) is 0 Å². The molecule has 0 aromatic heterocycles. The number of nitrogens with zero attached hydrogens (tertiary/aromatic N) is 1. The number of carboxylic acids is 1. The highest BCUT2D eigenvalue weighted by atomic mass is 16.4. The second kappa shape index (κ2) is 8.97. The summed E-state index contributed by atoms with van der Waals surface area (Å²) in [5.74, 6) is -1.04. The number of carbonyl (C=O) groups is 2. The zero-order valence-electron chi connectivity index (χ0n) is 12.5. The van der Waals surface area contributed by atoms with Crippen LogP contribution in [0.15, 0.2) is 30.3 Å². The minimum absolute atomic E-state index is 0.262. The summed E-state index contributed by atoms with van der Waals surface area (Å²) in [4.78, 5) is 25.0. The fraction of sp³-hybridized carbons (Fsp3) is 0.467. The average molecular weight is 293 g/mol. The van der Waals surface area contributed by atoms with E-state index in [0.29, 0.717) is 6.54 Å². The van der Waals surface area contributed by atoms with Gasteiger partial charge in [-0.3, -0.25) is 0 Å². The van der Waals surface area contributed by atoms with Crippen LogP contribution in [0, 0.1) is 0 Å². The van der Waals surface area contributed by atoms with Gasteiger partial charge in [0.05, 0.1) is 0 Å². The van der Waals surface area contributed by atoms with Crippen LogP contribution in [0.25, 0.3) is 0 Å². The van der Waals surface area contributed by atoms with Crippen molar-refractivity contribution in [3.63, 3.8) is 0 Å². The first-order valence-electron chi connectivity index (χ1n) is 7.02. The summed E-state index contributed by atoms with van der Waals surface area (Å²) in [6.45, 7) is 4.13. The molecule has 1 atom stereocenters. The molecule has 0 saturated heterocycles. The van der Waals surface area contributed by atoms with E-state index >= 15 is 0 Å². The Kier molecular flexibility index (Phi) is 7.25. The van der Waals surface area contributed by atoms with Gasteiger partial charge in [-0.05, 0) is 19.2 Å². The lowest BCUT2D eigenvalue weighted by Gasteiger charge is -2.17. The van der Waals surface area contributed by atoms with Crippen molar-refractivity contribution < 1.29 is 14.7 Å². The van der Waals surface area contributed by atoms with Crippen LogP contribution in [0.4, 0.5) is 4.79 Å². The van der Waals surface area contributed by atoms with Crippen LogP contribution in [-0.2, 0) is 11.2 Å². The predicted octanol–water partition coefficient (Wildman–Crippen LogP) is 0.933. The third kappa shape index (κ3) is 6.76. The third-order valence-electron chi connectivity index (χ3n) is 3.20. The molecule has 0 saturated carbocycles. The van der Waals surface area contributed by atoms with Gasteiger partial charge in [0, 0.05) is 19.5 Å². The van der Waals surface area contributed by atoms with Gasteiger partial charge in [-0.1, -0.05) is 37.3 Å². The van der Waals surface area contributed by atoms with Crippen LogP contribution >= 0.6 is 0 Å². The van der Waals surface area contributed by atoms with Gasteiger partial charge in [-0.15, -0.1) is 0 Å². The Bertz CT molecular complexity index is 451. The largest absolute Gasteiger partial charge is 0.480 e. The Morgan fingerprint density at radius 2 is 1.95 bits per heavy atom. The smallest absolute Gasteiger partial charge is 0.326 e. The molecule has 0 unspecified atom stereocenters. The highest BCUT2D eigenvalue weighted by molar-refractivity contribution is 5.82. The maximum Gasteiger partial charge on any atom is 0.326 e. The Labute approximate surface area is 125 Å². The summed E-state index contributed by atoms with van der Waals surface area (Å²) in [6.07, 6.45) is 0.262. The van der Waals surface area contributed by atoms with Gasteiger partial charge in [-0.2, -0.15) is 0 Å². The molecule has 6 heteroatoms. The summed E-state index contributed by atoms with van der Waals surface area (Å²) in [6, 6.07) is 7.84. The summed E-state index contributed by atoms with van der Waals surface area (Å²) in [7, 11) is 1.95. The van der Waals surface area contributed by atoms with Gasteiger partial charge >= 0.3 is 12.0 Å². The zero-order valence-corrected chi connectivity index (χ0v) is 12.5. The van der Waals surface area contributed by atoms with Gasteiger partial charge in [0.1, 0.15) is 6.04 Å². The maximum atomic E-state index is 11.7. The number of hydrogen-bond acceptors (Lipinski definition) is 3. The molecule has 1 aromatic carbocycles. The number of carboxylic acid groups (broad SMARTS) is 1. The van der Waals surface area contributed by atoms with Crippen molar-refractivity contribution in [3.05, 3.63) is 35.9 Å². The van der Waals surface area contributed by atoms with Crippen molar-refractivity contribution in [1.29, 1.82) is 0 Å². The first-order valence-corrected chi connectivity index (χ1v) is 7.02. The summed E-state index contributed by atoms with van der Waals surface area (Å²) in [5.41, 5.74) is 0.871. The third-order valence-corrected chi connectivity index (χ3v) is 3.20. The number of carbonyl (C=O) groups excluding carboxylic acids is 1. The standard InChI is InChI=1S/C15H23N3O3/c1-3-18(2)10-9-16-15(21)17-13(14(19)20)11-12-7-5-4-6-8-12/h4-8,13H,3,9-11H2,1-2H3,(H,19,20)(H2,16,17,21)/t13-/m1/s1. The van der Waals surface area contributed by atoms with Crippen molar-refractivity contribution in [2.45, 2.75) is 19.4 Å². The zero-order chi connectivity index (χ0) is 15.7. The second-order valence-corrected chi connectivity index (χ2v) is 4.88. The topological polar surface area (TPSA) is 81.7 Å². The molecule has 0 aliphatic carbocycles. The van der Waals surface area contributed by atoms with E-state index in [2.05, 4.69) is 15.5 Å². The number of likely N-dealkylation sites (N-methyl/N-ethyl adjacent to an activating group) is 1. The quantitative estimate of drug-likeness (QED) is 0.666. The van der Waals surface area contributed by atoms with Crippen LogP contribution in [0.1, 0.15) is 12.5 Å². The Morgan fingerprint density at radius 3 is 2.52 bits per heavy atom. The molecular weight excluding hydrogens is 270 g/mol. The lowest BCUT2D eigenvalue weighted by molar-refractivity contribution is -0.139. The molecule has 0 radical (unpaired) electrons. The van der Waals surface area contributed by atoms with E-state index in [9.17, 15) is 14.7 Å². The molecule has 21 heavy (non-hydrogen) atoms. The van der Waals surface area contributed by atoms with Crippen molar-refractivity contribution in [3.8, 4) is 0 Å². The number of rotatable bonds is 8. The highest BCUT2D eigenvalue weighted by Gasteiger charge is 2.20. The number of aliphatic carboxylic acids is 1. The molecule has 1 rings (SSSR count). The fourth-order valence-electron chi connectivity index (χ4n) is 1.78. The molecule has 0 aliphatic rings. The van der Waals surface area contributed by atoms with E-state index in [1.165, 1.54) is 0 Å². The SMILES string of the molecule is CCN(C)CCNC(=O)N[C@H](Cc1ccccc1)C(=O)O. The number of nitrogens with one attached hydrogen (secondary N) is 2. The van der Waals surface area contributed by atoms with Gasteiger partial charge in [0.25, 0.3) is 0 Å². The molecule has 6 nitrogen and oxygen atoms in total. The second-order valence-electron chi connectivity index (χ2n) is 4.88.